The Balaban J connectivity index is 2.22. The molecule has 2 rings (SSSR count). The third kappa shape index (κ3) is 3.91. The molecule has 1 aromatic heterocycles. The molecule has 0 aliphatic heterocycles. The van der Waals surface area contributed by atoms with Gasteiger partial charge in [-0.1, -0.05) is 20.8 Å². The van der Waals surface area contributed by atoms with Gasteiger partial charge in [0, 0.05) is 24.1 Å². The number of carbonyl (C=O) groups is 1. The predicted octanol–water partition coefficient (Wildman–Crippen LogP) is 2.05. The summed E-state index contributed by atoms with van der Waals surface area (Å²) in [6.07, 6.45) is 2.83. The molecule has 0 aromatic carbocycles. The number of anilines is 1. The smallest absolute Gasteiger partial charge is 0.374 e. The van der Waals surface area contributed by atoms with Crippen molar-refractivity contribution in [3.05, 3.63) is 17.6 Å². The number of aromatic nitrogens is 2. The fraction of sp³-hybridized carbons (Fsp3) is 0.667. The highest BCUT2D eigenvalue weighted by molar-refractivity contribution is 5.83. The first-order valence-electron chi connectivity index (χ1n) is 7.30. The van der Waals surface area contributed by atoms with E-state index in [-0.39, 0.29) is 23.9 Å². The van der Waals surface area contributed by atoms with Gasteiger partial charge >= 0.3 is 5.97 Å². The van der Waals surface area contributed by atoms with E-state index in [0.29, 0.717) is 17.4 Å². The molecule has 6 nitrogen and oxygen atoms in total. The minimum absolute atomic E-state index is 0.179. The van der Waals surface area contributed by atoms with Crippen LogP contribution in [0.2, 0.25) is 0 Å². The van der Waals surface area contributed by atoms with Gasteiger partial charge in [-0.3, -0.25) is 0 Å². The highest BCUT2D eigenvalue weighted by atomic mass is 16.4. The summed E-state index contributed by atoms with van der Waals surface area (Å²) in [5.74, 6) is -0.424. The molecule has 6 heteroatoms. The lowest BCUT2D eigenvalue weighted by atomic mass is 9.92. The number of aromatic carboxylic acids is 1. The number of carboxylic acids is 1. The van der Waals surface area contributed by atoms with Crippen molar-refractivity contribution in [1.82, 2.24) is 9.97 Å². The van der Waals surface area contributed by atoms with E-state index >= 15 is 0 Å². The Morgan fingerprint density at radius 2 is 2.10 bits per heavy atom. The molecular formula is C15H23N3O3. The fourth-order valence-electron chi connectivity index (χ4n) is 2.58. The second-order valence-electron chi connectivity index (χ2n) is 6.72. The molecule has 0 amide bonds. The summed E-state index contributed by atoms with van der Waals surface area (Å²) in [7, 11) is 0. The topological polar surface area (TPSA) is 95.3 Å². The van der Waals surface area contributed by atoms with Crippen LogP contribution in [0, 0.1) is 5.92 Å². The molecule has 1 fully saturated rings. The molecule has 21 heavy (non-hydrogen) atoms. The summed E-state index contributed by atoms with van der Waals surface area (Å²) in [5, 5.41) is 21.6. The molecule has 0 bridgehead atoms. The third-order valence-electron chi connectivity index (χ3n) is 3.84. The number of nitrogens with one attached hydrogen (secondary N) is 1. The Kier molecular flexibility index (Phi) is 4.46. The van der Waals surface area contributed by atoms with E-state index < -0.39 is 5.97 Å². The van der Waals surface area contributed by atoms with Crippen molar-refractivity contribution in [2.75, 3.05) is 11.9 Å². The van der Waals surface area contributed by atoms with Crippen LogP contribution in [-0.2, 0) is 5.41 Å². The molecule has 1 aliphatic rings. The summed E-state index contributed by atoms with van der Waals surface area (Å²) >= 11 is 0. The number of rotatable bonds is 4. The van der Waals surface area contributed by atoms with Crippen LogP contribution in [0.3, 0.4) is 0 Å². The van der Waals surface area contributed by atoms with Crippen LogP contribution < -0.4 is 5.32 Å². The number of nitrogens with zero attached hydrogens (tertiary/aromatic N) is 2. The van der Waals surface area contributed by atoms with Crippen molar-refractivity contribution in [2.24, 2.45) is 5.92 Å². The molecule has 1 aliphatic carbocycles. The molecule has 0 unspecified atom stereocenters. The molecule has 1 heterocycles. The average molecular weight is 293 g/mol. The summed E-state index contributed by atoms with van der Waals surface area (Å²) in [4.78, 5) is 19.4. The number of aliphatic hydroxyl groups is 1. The van der Waals surface area contributed by atoms with Crippen LogP contribution >= 0.6 is 0 Å². The predicted molar refractivity (Wildman–Crippen MR) is 79.5 cm³/mol. The second-order valence-corrected chi connectivity index (χ2v) is 6.72. The first-order chi connectivity index (χ1) is 9.79. The van der Waals surface area contributed by atoms with Crippen LogP contribution in [0.4, 0.5) is 5.82 Å². The van der Waals surface area contributed by atoms with Crippen LogP contribution in [0.1, 0.15) is 56.3 Å². The molecule has 3 N–H and O–H groups in total. The minimum atomic E-state index is -1.12. The van der Waals surface area contributed by atoms with Gasteiger partial charge in [0.25, 0.3) is 0 Å². The first-order valence-corrected chi connectivity index (χ1v) is 7.30. The molecule has 1 saturated carbocycles. The number of aliphatic hydroxyl groups excluding tert-OH is 1. The zero-order valence-corrected chi connectivity index (χ0v) is 12.8. The highest BCUT2D eigenvalue weighted by Crippen LogP contribution is 2.28. The van der Waals surface area contributed by atoms with Gasteiger partial charge in [0.05, 0.1) is 5.69 Å². The normalized spacial score (nSPS) is 22.3. The van der Waals surface area contributed by atoms with Crippen molar-refractivity contribution in [1.29, 1.82) is 0 Å². The van der Waals surface area contributed by atoms with E-state index in [4.69, 9.17) is 5.11 Å². The van der Waals surface area contributed by atoms with Crippen molar-refractivity contribution in [3.63, 3.8) is 0 Å². The van der Waals surface area contributed by atoms with E-state index in [0.717, 1.165) is 19.3 Å². The van der Waals surface area contributed by atoms with Crippen LogP contribution in [0.15, 0.2) is 6.07 Å². The molecule has 0 spiro atoms. The molecule has 0 radical (unpaired) electrons. The Morgan fingerprint density at radius 3 is 2.62 bits per heavy atom. The maximum Gasteiger partial charge on any atom is 0.374 e. The Labute approximate surface area is 124 Å². The van der Waals surface area contributed by atoms with Crippen molar-refractivity contribution in [3.8, 4) is 0 Å². The molecular weight excluding hydrogens is 270 g/mol. The maximum absolute atomic E-state index is 11.2. The number of carboxylic acid groups (broad SMARTS) is 1. The van der Waals surface area contributed by atoms with Gasteiger partial charge < -0.3 is 15.5 Å². The van der Waals surface area contributed by atoms with E-state index in [1.54, 1.807) is 0 Å². The van der Waals surface area contributed by atoms with Gasteiger partial charge in [-0.2, -0.15) is 0 Å². The zero-order chi connectivity index (χ0) is 15.6. The van der Waals surface area contributed by atoms with E-state index in [9.17, 15) is 9.90 Å². The van der Waals surface area contributed by atoms with E-state index in [1.807, 2.05) is 26.8 Å². The van der Waals surface area contributed by atoms with Crippen molar-refractivity contribution in [2.45, 2.75) is 51.5 Å². The molecule has 2 atom stereocenters. The summed E-state index contributed by atoms with van der Waals surface area (Å²) in [6, 6.07) is 2.05. The quantitative estimate of drug-likeness (QED) is 0.786. The lowest BCUT2D eigenvalue weighted by Gasteiger charge is -2.20. The van der Waals surface area contributed by atoms with Crippen molar-refractivity contribution >= 4 is 11.8 Å². The molecule has 1 aromatic rings. The van der Waals surface area contributed by atoms with Crippen LogP contribution in [0.25, 0.3) is 0 Å². The van der Waals surface area contributed by atoms with Crippen LogP contribution in [0.5, 0.6) is 0 Å². The van der Waals surface area contributed by atoms with Crippen molar-refractivity contribution < 1.29 is 15.0 Å². The maximum atomic E-state index is 11.2. The number of hydrogen-bond acceptors (Lipinski definition) is 5. The SMILES string of the molecule is CC(C)(C)c1cc(N[C@H]2CC[C@@H](CO)C2)nc(C(=O)O)n1. The Morgan fingerprint density at radius 1 is 1.38 bits per heavy atom. The second kappa shape index (κ2) is 5.97. The summed E-state index contributed by atoms with van der Waals surface area (Å²) < 4.78 is 0. The summed E-state index contributed by atoms with van der Waals surface area (Å²) in [6.45, 7) is 6.17. The largest absolute Gasteiger partial charge is 0.475 e. The fourth-order valence-corrected chi connectivity index (χ4v) is 2.58. The van der Waals surface area contributed by atoms with E-state index in [1.165, 1.54) is 0 Å². The average Bonchev–Trinajstić information content (AvgIpc) is 2.85. The van der Waals surface area contributed by atoms with Gasteiger partial charge in [0.2, 0.25) is 5.82 Å². The monoisotopic (exact) mass is 293 g/mol. The first kappa shape index (κ1) is 15.7. The minimum Gasteiger partial charge on any atom is -0.475 e. The molecule has 116 valence electrons. The molecule has 0 saturated heterocycles. The van der Waals surface area contributed by atoms with Crippen LogP contribution in [-0.4, -0.2) is 38.8 Å². The van der Waals surface area contributed by atoms with E-state index in [2.05, 4.69) is 15.3 Å². The standard InChI is InChI=1S/C15H23N3O3/c1-15(2,3)11-7-12(18-13(17-11)14(20)21)16-10-5-4-9(6-10)8-19/h7,9-10,19H,4-6,8H2,1-3H3,(H,20,21)(H,16,17,18)/t9-,10+/m1/s1. The third-order valence-corrected chi connectivity index (χ3v) is 3.84. The highest BCUT2D eigenvalue weighted by Gasteiger charge is 2.26. The van der Waals surface area contributed by atoms with Gasteiger partial charge in [0.1, 0.15) is 5.82 Å². The van der Waals surface area contributed by atoms with Gasteiger partial charge in [-0.05, 0) is 25.2 Å². The Bertz CT molecular complexity index is 525. The zero-order valence-electron chi connectivity index (χ0n) is 12.8. The van der Waals surface area contributed by atoms with Gasteiger partial charge in [-0.15, -0.1) is 0 Å². The summed E-state index contributed by atoms with van der Waals surface area (Å²) in [5.41, 5.74) is 0.460. The Hall–Kier alpha value is -1.69. The van der Waals surface area contributed by atoms with Gasteiger partial charge in [-0.25, -0.2) is 14.8 Å². The number of hydrogen-bond donors (Lipinski definition) is 3. The lowest BCUT2D eigenvalue weighted by molar-refractivity contribution is 0.0683. The van der Waals surface area contributed by atoms with Gasteiger partial charge in [0.15, 0.2) is 0 Å². The lowest BCUT2D eigenvalue weighted by Crippen LogP contribution is -2.22.